The zero-order valence-electron chi connectivity index (χ0n) is 10.8. The second-order valence-electron chi connectivity index (χ2n) is 4.88. The highest BCUT2D eigenvalue weighted by Gasteiger charge is 2.27. The van der Waals surface area contributed by atoms with Crippen LogP contribution in [-0.4, -0.2) is 30.4 Å². The number of hydrogen-bond donors (Lipinski definition) is 1. The van der Waals surface area contributed by atoms with Gasteiger partial charge >= 0.3 is 0 Å². The van der Waals surface area contributed by atoms with Crippen LogP contribution in [0.3, 0.4) is 0 Å². The fourth-order valence-electron chi connectivity index (χ4n) is 2.34. The molecule has 1 aliphatic heterocycles. The third-order valence-corrected chi connectivity index (χ3v) is 3.69. The van der Waals surface area contributed by atoms with E-state index in [0.29, 0.717) is 0 Å². The summed E-state index contributed by atoms with van der Waals surface area (Å²) in [4.78, 5) is 14.3. The van der Waals surface area contributed by atoms with Gasteiger partial charge < -0.3 is 5.32 Å². The first-order valence-corrected chi connectivity index (χ1v) is 6.17. The number of benzene rings is 1. The number of rotatable bonds is 2. The predicted molar refractivity (Wildman–Crippen MR) is 70.2 cm³/mol. The number of nitrogens with zero attached hydrogens (tertiary/aromatic N) is 1. The van der Waals surface area contributed by atoms with E-state index in [-0.39, 0.29) is 11.9 Å². The summed E-state index contributed by atoms with van der Waals surface area (Å²) in [5, 5.41) is 3.04. The monoisotopic (exact) mass is 232 g/mol. The quantitative estimate of drug-likeness (QED) is 0.848. The summed E-state index contributed by atoms with van der Waals surface area (Å²) >= 11 is 0. The smallest absolute Gasteiger partial charge is 0.241 e. The number of carbonyl (C=O) groups is 1. The Hall–Kier alpha value is -1.35. The van der Waals surface area contributed by atoms with Crippen LogP contribution >= 0.6 is 0 Å². The molecule has 1 aromatic carbocycles. The third-order valence-electron chi connectivity index (χ3n) is 3.69. The molecule has 1 fully saturated rings. The molecule has 1 atom stereocenters. The second-order valence-corrected chi connectivity index (χ2v) is 4.88. The Morgan fingerprint density at radius 2 is 2.18 bits per heavy atom. The minimum atomic E-state index is 0.0370. The molecule has 1 unspecified atom stereocenters. The first-order chi connectivity index (χ1) is 8.09. The van der Waals surface area contributed by atoms with Gasteiger partial charge in [0.05, 0.1) is 6.04 Å². The van der Waals surface area contributed by atoms with Gasteiger partial charge in [0.1, 0.15) is 0 Å². The molecular weight excluding hydrogens is 212 g/mol. The Labute approximate surface area is 103 Å². The highest BCUT2D eigenvalue weighted by molar-refractivity contribution is 5.95. The van der Waals surface area contributed by atoms with E-state index in [9.17, 15) is 4.79 Å². The van der Waals surface area contributed by atoms with Crippen LogP contribution in [0.2, 0.25) is 0 Å². The normalized spacial score (nSPS) is 20.5. The zero-order chi connectivity index (χ0) is 12.4. The molecule has 0 saturated carbocycles. The molecule has 0 bridgehead atoms. The maximum Gasteiger partial charge on any atom is 0.241 e. The minimum absolute atomic E-state index is 0.0370. The van der Waals surface area contributed by atoms with Crippen LogP contribution in [0.1, 0.15) is 24.0 Å². The van der Waals surface area contributed by atoms with Crippen molar-refractivity contribution in [2.75, 3.05) is 18.9 Å². The fourth-order valence-corrected chi connectivity index (χ4v) is 2.34. The zero-order valence-corrected chi connectivity index (χ0v) is 10.8. The van der Waals surface area contributed by atoms with Crippen molar-refractivity contribution in [1.29, 1.82) is 0 Å². The molecule has 0 radical (unpaired) electrons. The summed E-state index contributed by atoms with van der Waals surface area (Å²) in [6, 6.07) is 6.05. The molecule has 1 N–H and O–H groups in total. The van der Waals surface area contributed by atoms with E-state index in [0.717, 1.165) is 30.6 Å². The molecule has 17 heavy (non-hydrogen) atoms. The van der Waals surface area contributed by atoms with Crippen LogP contribution < -0.4 is 5.32 Å². The van der Waals surface area contributed by atoms with Gasteiger partial charge in [-0.1, -0.05) is 12.1 Å². The summed E-state index contributed by atoms with van der Waals surface area (Å²) in [5.41, 5.74) is 3.30. The van der Waals surface area contributed by atoms with E-state index in [1.54, 1.807) is 0 Å². The largest absolute Gasteiger partial charge is 0.324 e. The molecule has 1 aromatic rings. The van der Waals surface area contributed by atoms with Crippen molar-refractivity contribution in [1.82, 2.24) is 4.90 Å². The topological polar surface area (TPSA) is 32.3 Å². The van der Waals surface area contributed by atoms with Crippen LogP contribution in [0.4, 0.5) is 5.69 Å². The molecule has 0 aromatic heterocycles. The van der Waals surface area contributed by atoms with Gasteiger partial charge in [0.25, 0.3) is 0 Å². The lowest BCUT2D eigenvalue weighted by Gasteiger charge is -2.19. The Bertz CT molecular complexity index is 428. The molecule has 1 aliphatic rings. The maximum atomic E-state index is 12.1. The van der Waals surface area contributed by atoms with Crippen LogP contribution in [0.15, 0.2) is 18.2 Å². The summed E-state index contributed by atoms with van der Waals surface area (Å²) in [5.74, 6) is 0.124. The average molecular weight is 232 g/mol. The van der Waals surface area contributed by atoms with Crippen molar-refractivity contribution < 1.29 is 4.79 Å². The molecule has 3 heteroatoms. The third kappa shape index (κ3) is 2.50. The van der Waals surface area contributed by atoms with Crippen molar-refractivity contribution in [3.8, 4) is 0 Å². The van der Waals surface area contributed by atoms with Crippen molar-refractivity contribution in [2.24, 2.45) is 0 Å². The lowest BCUT2D eigenvalue weighted by molar-refractivity contribution is -0.119. The maximum absolute atomic E-state index is 12.1. The fraction of sp³-hybridized carbons (Fsp3) is 0.500. The molecular formula is C14H20N2O. The Kier molecular flexibility index (Phi) is 3.48. The first-order valence-electron chi connectivity index (χ1n) is 6.17. The van der Waals surface area contributed by atoms with E-state index < -0.39 is 0 Å². The number of likely N-dealkylation sites (N-methyl/N-ethyl adjacent to an activating group) is 1. The second kappa shape index (κ2) is 4.88. The van der Waals surface area contributed by atoms with Crippen LogP contribution in [0, 0.1) is 13.8 Å². The van der Waals surface area contributed by atoms with Gasteiger partial charge in [0, 0.05) is 5.69 Å². The molecule has 1 amide bonds. The van der Waals surface area contributed by atoms with Crippen molar-refractivity contribution in [3.63, 3.8) is 0 Å². The van der Waals surface area contributed by atoms with E-state index in [2.05, 4.69) is 23.2 Å². The number of nitrogens with one attached hydrogen (secondary N) is 1. The van der Waals surface area contributed by atoms with E-state index in [1.807, 2.05) is 26.1 Å². The van der Waals surface area contributed by atoms with Crippen molar-refractivity contribution >= 4 is 11.6 Å². The van der Waals surface area contributed by atoms with Gasteiger partial charge in [-0.3, -0.25) is 9.69 Å². The van der Waals surface area contributed by atoms with Crippen LogP contribution in [0.25, 0.3) is 0 Å². The average Bonchev–Trinajstić information content (AvgIpc) is 2.71. The number of anilines is 1. The predicted octanol–water partition coefficient (Wildman–Crippen LogP) is 2.34. The lowest BCUT2D eigenvalue weighted by Crippen LogP contribution is -2.37. The Morgan fingerprint density at radius 3 is 2.82 bits per heavy atom. The molecule has 92 valence electrons. The summed E-state index contributed by atoms with van der Waals surface area (Å²) in [6.45, 7) is 5.13. The Morgan fingerprint density at radius 1 is 1.41 bits per heavy atom. The number of likely N-dealkylation sites (tertiary alicyclic amines) is 1. The van der Waals surface area contributed by atoms with Gasteiger partial charge in [-0.05, 0) is 57.5 Å². The minimum Gasteiger partial charge on any atom is -0.324 e. The SMILES string of the molecule is Cc1cccc(NC(=O)C2CCCN2C)c1C. The molecule has 1 heterocycles. The van der Waals surface area contributed by atoms with Gasteiger partial charge in [-0.25, -0.2) is 0 Å². The van der Waals surface area contributed by atoms with E-state index in [1.165, 1.54) is 5.56 Å². The van der Waals surface area contributed by atoms with E-state index >= 15 is 0 Å². The van der Waals surface area contributed by atoms with Crippen LogP contribution in [0.5, 0.6) is 0 Å². The number of hydrogen-bond acceptors (Lipinski definition) is 2. The van der Waals surface area contributed by atoms with Gasteiger partial charge in [0.2, 0.25) is 5.91 Å². The molecule has 3 nitrogen and oxygen atoms in total. The number of aryl methyl sites for hydroxylation is 1. The van der Waals surface area contributed by atoms with Crippen molar-refractivity contribution in [2.45, 2.75) is 32.7 Å². The molecule has 0 spiro atoms. The summed E-state index contributed by atoms with van der Waals surface area (Å²) in [6.07, 6.45) is 2.08. The summed E-state index contributed by atoms with van der Waals surface area (Å²) in [7, 11) is 2.01. The van der Waals surface area contributed by atoms with Gasteiger partial charge in [0.15, 0.2) is 0 Å². The number of amides is 1. The lowest BCUT2D eigenvalue weighted by atomic mass is 10.1. The summed E-state index contributed by atoms with van der Waals surface area (Å²) < 4.78 is 0. The number of carbonyl (C=O) groups excluding carboxylic acids is 1. The molecule has 2 rings (SSSR count). The van der Waals surface area contributed by atoms with Crippen molar-refractivity contribution in [3.05, 3.63) is 29.3 Å². The van der Waals surface area contributed by atoms with E-state index in [4.69, 9.17) is 0 Å². The Balaban J connectivity index is 2.10. The molecule has 0 aliphatic carbocycles. The highest BCUT2D eigenvalue weighted by atomic mass is 16.2. The van der Waals surface area contributed by atoms with Gasteiger partial charge in [-0.15, -0.1) is 0 Å². The first kappa shape index (κ1) is 12.1. The highest BCUT2D eigenvalue weighted by Crippen LogP contribution is 2.21. The standard InChI is InChI=1S/C14H20N2O/c1-10-6-4-7-12(11(10)2)15-14(17)13-8-5-9-16(13)3/h4,6-7,13H,5,8-9H2,1-3H3,(H,15,17). The van der Waals surface area contributed by atoms with Crippen LogP contribution in [-0.2, 0) is 4.79 Å². The molecule has 1 saturated heterocycles. The van der Waals surface area contributed by atoms with Gasteiger partial charge in [-0.2, -0.15) is 0 Å².